The van der Waals surface area contributed by atoms with Crippen molar-refractivity contribution >= 4 is 21.6 Å². The number of rotatable bonds is 7. The smallest absolute Gasteiger partial charge is 0.0375 e. The third-order valence-corrected chi connectivity index (χ3v) is 3.86. The summed E-state index contributed by atoms with van der Waals surface area (Å²) >= 11 is 3.64. The van der Waals surface area contributed by atoms with E-state index in [0.29, 0.717) is 0 Å². The van der Waals surface area contributed by atoms with Gasteiger partial charge in [-0.1, -0.05) is 22.0 Å². The minimum atomic E-state index is 0.194. The summed E-state index contributed by atoms with van der Waals surface area (Å²) in [4.78, 5) is 4.51. The fraction of sp³-hybridized carbons (Fsp3) is 0.600. The number of hydrogen-bond donors (Lipinski definition) is 1. The minimum absolute atomic E-state index is 0.194. The summed E-state index contributed by atoms with van der Waals surface area (Å²) in [6, 6.07) is 6.73. The SMILES string of the molecule is CC(N)Cc1ccc(N(C)CCCN(C)C)cc1Br. The van der Waals surface area contributed by atoms with Crippen LogP contribution in [0.15, 0.2) is 22.7 Å². The monoisotopic (exact) mass is 327 g/mol. The molecule has 4 heteroatoms. The molecular weight excluding hydrogens is 302 g/mol. The van der Waals surface area contributed by atoms with Crippen LogP contribution >= 0.6 is 15.9 Å². The minimum Gasteiger partial charge on any atom is -0.375 e. The maximum Gasteiger partial charge on any atom is 0.0375 e. The van der Waals surface area contributed by atoms with Crippen molar-refractivity contribution in [2.45, 2.75) is 25.8 Å². The molecule has 19 heavy (non-hydrogen) atoms. The second kappa shape index (κ2) is 7.88. The van der Waals surface area contributed by atoms with E-state index in [-0.39, 0.29) is 6.04 Å². The van der Waals surface area contributed by atoms with Gasteiger partial charge in [0.15, 0.2) is 0 Å². The van der Waals surface area contributed by atoms with E-state index in [0.717, 1.165) is 24.0 Å². The van der Waals surface area contributed by atoms with Crippen LogP contribution in [0.5, 0.6) is 0 Å². The molecule has 0 amide bonds. The molecule has 0 saturated heterocycles. The number of halogens is 1. The van der Waals surface area contributed by atoms with Crippen LogP contribution in [0, 0.1) is 0 Å². The normalized spacial score (nSPS) is 12.8. The summed E-state index contributed by atoms with van der Waals surface area (Å²) in [7, 11) is 6.36. The first kappa shape index (κ1) is 16.5. The van der Waals surface area contributed by atoms with Crippen LogP contribution in [0.4, 0.5) is 5.69 Å². The first-order chi connectivity index (χ1) is 8.90. The van der Waals surface area contributed by atoms with Gasteiger partial charge < -0.3 is 15.5 Å². The molecule has 0 aliphatic carbocycles. The van der Waals surface area contributed by atoms with Crippen molar-refractivity contribution in [3.05, 3.63) is 28.2 Å². The molecule has 0 aliphatic rings. The van der Waals surface area contributed by atoms with Crippen molar-refractivity contribution in [1.82, 2.24) is 4.90 Å². The van der Waals surface area contributed by atoms with Gasteiger partial charge in [0.05, 0.1) is 0 Å². The van der Waals surface area contributed by atoms with E-state index >= 15 is 0 Å². The van der Waals surface area contributed by atoms with E-state index < -0.39 is 0 Å². The number of nitrogens with zero attached hydrogens (tertiary/aromatic N) is 2. The molecule has 0 heterocycles. The highest BCUT2D eigenvalue weighted by molar-refractivity contribution is 9.10. The standard InChI is InChI=1S/C15H26BrN3/c1-12(17)10-13-6-7-14(11-15(13)16)19(4)9-5-8-18(2)3/h6-7,11-12H,5,8-10,17H2,1-4H3. The fourth-order valence-corrected chi connectivity index (χ4v) is 2.57. The van der Waals surface area contributed by atoms with E-state index in [1.807, 2.05) is 6.92 Å². The summed E-state index contributed by atoms with van der Waals surface area (Å²) in [5, 5.41) is 0. The van der Waals surface area contributed by atoms with E-state index in [4.69, 9.17) is 5.73 Å². The number of anilines is 1. The first-order valence-electron chi connectivity index (χ1n) is 6.80. The quantitative estimate of drug-likeness (QED) is 0.835. The Bertz CT molecular complexity index is 391. The highest BCUT2D eigenvalue weighted by atomic mass is 79.9. The van der Waals surface area contributed by atoms with Crippen molar-refractivity contribution in [3.8, 4) is 0 Å². The van der Waals surface area contributed by atoms with E-state index in [2.05, 4.69) is 65.1 Å². The maximum atomic E-state index is 5.85. The van der Waals surface area contributed by atoms with Crippen LogP contribution in [0.3, 0.4) is 0 Å². The zero-order valence-electron chi connectivity index (χ0n) is 12.5. The predicted molar refractivity (Wildman–Crippen MR) is 87.9 cm³/mol. The van der Waals surface area contributed by atoms with Gasteiger partial charge in [0.25, 0.3) is 0 Å². The van der Waals surface area contributed by atoms with E-state index in [1.54, 1.807) is 0 Å². The fourth-order valence-electron chi connectivity index (χ4n) is 2.04. The molecule has 0 aliphatic heterocycles. The van der Waals surface area contributed by atoms with Crippen LogP contribution in [0.25, 0.3) is 0 Å². The molecule has 1 aromatic rings. The van der Waals surface area contributed by atoms with Gasteiger partial charge in [-0.25, -0.2) is 0 Å². The van der Waals surface area contributed by atoms with Gasteiger partial charge in [-0.15, -0.1) is 0 Å². The predicted octanol–water partition coefficient (Wildman–Crippen LogP) is 2.73. The van der Waals surface area contributed by atoms with Gasteiger partial charge in [0.2, 0.25) is 0 Å². The summed E-state index contributed by atoms with van der Waals surface area (Å²) in [6.45, 7) is 4.22. The Morgan fingerprint density at radius 3 is 2.42 bits per heavy atom. The molecule has 1 unspecified atom stereocenters. The van der Waals surface area contributed by atoms with Crippen LogP contribution in [0.1, 0.15) is 18.9 Å². The van der Waals surface area contributed by atoms with Crippen LogP contribution in [-0.4, -0.2) is 45.2 Å². The van der Waals surface area contributed by atoms with Crippen molar-refractivity contribution < 1.29 is 0 Å². The molecule has 0 radical (unpaired) electrons. The zero-order chi connectivity index (χ0) is 14.4. The molecule has 0 fully saturated rings. The Kier molecular flexibility index (Phi) is 6.83. The van der Waals surface area contributed by atoms with Crippen molar-refractivity contribution in [3.63, 3.8) is 0 Å². The Balaban J connectivity index is 2.61. The second-order valence-corrected chi connectivity index (χ2v) is 6.39. The molecule has 108 valence electrons. The van der Waals surface area contributed by atoms with Gasteiger partial charge in [-0.3, -0.25) is 0 Å². The lowest BCUT2D eigenvalue weighted by molar-refractivity contribution is 0.401. The van der Waals surface area contributed by atoms with Crippen LogP contribution < -0.4 is 10.6 Å². The highest BCUT2D eigenvalue weighted by Gasteiger charge is 2.07. The molecule has 0 bridgehead atoms. The first-order valence-corrected chi connectivity index (χ1v) is 7.59. The Hall–Kier alpha value is -0.580. The number of hydrogen-bond acceptors (Lipinski definition) is 3. The Morgan fingerprint density at radius 1 is 1.21 bits per heavy atom. The topological polar surface area (TPSA) is 32.5 Å². The van der Waals surface area contributed by atoms with Crippen molar-refractivity contribution in [2.24, 2.45) is 5.73 Å². The molecule has 2 N–H and O–H groups in total. The third kappa shape index (κ3) is 5.93. The summed E-state index contributed by atoms with van der Waals surface area (Å²) < 4.78 is 1.15. The largest absolute Gasteiger partial charge is 0.375 e. The lowest BCUT2D eigenvalue weighted by Crippen LogP contribution is -2.23. The number of nitrogens with two attached hydrogens (primary N) is 1. The third-order valence-electron chi connectivity index (χ3n) is 3.12. The lowest BCUT2D eigenvalue weighted by Gasteiger charge is -2.21. The van der Waals surface area contributed by atoms with Gasteiger partial charge >= 0.3 is 0 Å². The van der Waals surface area contributed by atoms with E-state index in [9.17, 15) is 0 Å². The second-order valence-electron chi connectivity index (χ2n) is 5.54. The average molecular weight is 328 g/mol. The molecule has 1 rings (SSSR count). The van der Waals surface area contributed by atoms with Gasteiger partial charge in [0.1, 0.15) is 0 Å². The maximum absolute atomic E-state index is 5.85. The van der Waals surface area contributed by atoms with Gasteiger partial charge in [-0.05, 0) is 58.1 Å². The summed E-state index contributed by atoms with van der Waals surface area (Å²) in [5.41, 5.74) is 8.38. The van der Waals surface area contributed by atoms with Gasteiger partial charge in [0, 0.05) is 29.8 Å². The molecule has 0 saturated carbocycles. The molecule has 0 aromatic heterocycles. The molecule has 3 nitrogen and oxygen atoms in total. The van der Waals surface area contributed by atoms with Gasteiger partial charge in [-0.2, -0.15) is 0 Å². The van der Waals surface area contributed by atoms with Crippen LogP contribution in [-0.2, 0) is 6.42 Å². The number of benzene rings is 1. The molecule has 1 atom stereocenters. The van der Waals surface area contributed by atoms with Crippen LogP contribution in [0.2, 0.25) is 0 Å². The summed E-state index contributed by atoms with van der Waals surface area (Å²) in [5.74, 6) is 0. The lowest BCUT2D eigenvalue weighted by atomic mass is 10.1. The summed E-state index contributed by atoms with van der Waals surface area (Å²) in [6.07, 6.45) is 2.08. The van der Waals surface area contributed by atoms with Crippen molar-refractivity contribution in [2.75, 3.05) is 39.1 Å². The Morgan fingerprint density at radius 2 is 1.89 bits per heavy atom. The highest BCUT2D eigenvalue weighted by Crippen LogP contribution is 2.24. The zero-order valence-corrected chi connectivity index (χ0v) is 14.1. The molecular formula is C15H26BrN3. The molecule has 1 aromatic carbocycles. The van der Waals surface area contributed by atoms with Crippen molar-refractivity contribution in [1.29, 1.82) is 0 Å². The van der Waals surface area contributed by atoms with E-state index in [1.165, 1.54) is 17.7 Å². The Labute approximate surface area is 125 Å². The molecule has 0 spiro atoms. The average Bonchev–Trinajstić information content (AvgIpc) is 2.30.